The Bertz CT molecular complexity index is 1090. The zero-order valence-corrected chi connectivity index (χ0v) is 23.7. The van der Waals surface area contributed by atoms with Crippen LogP contribution >= 0.6 is 0 Å². The molecule has 0 unspecified atom stereocenters. The number of primary amides is 1. The number of anilines is 1. The highest BCUT2D eigenvalue weighted by Crippen LogP contribution is 2.14. The number of urea groups is 1. The van der Waals surface area contributed by atoms with E-state index in [-0.39, 0.29) is 26.2 Å². The number of benzene rings is 2. The smallest absolute Gasteiger partial charge is 0.408 e. The molecule has 0 heterocycles. The highest BCUT2D eigenvalue weighted by Gasteiger charge is 2.31. The number of carbonyl (C=O) groups excluding carboxylic acids is 4. The van der Waals surface area contributed by atoms with Gasteiger partial charge in [0.25, 0.3) is 0 Å². The maximum Gasteiger partial charge on any atom is 0.408 e. The van der Waals surface area contributed by atoms with Crippen LogP contribution in [-0.4, -0.2) is 55.7 Å². The molecule has 0 saturated heterocycles. The zero-order valence-electron chi connectivity index (χ0n) is 22.7. The lowest BCUT2D eigenvalue weighted by atomic mass is 10.1. The first-order valence-corrected chi connectivity index (χ1v) is 16.5. The molecule has 0 bridgehead atoms. The Hall–Kier alpha value is -3.90. The predicted octanol–water partition coefficient (Wildman–Crippen LogP) is 2.68. The Morgan fingerprint density at radius 1 is 0.897 bits per heavy atom. The van der Waals surface area contributed by atoms with Crippen LogP contribution in [0.1, 0.15) is 24.0 Å². The van der Waals surface area contributed by atoms with E-state index in [9.17, 15) is 24.3 Å². The fourth-order valence-electron chi connectivity index (χ4n) is 3.71. The second-order valence-electron chi connectivity index (χ2n) is 10.4. The fraction of sp³-hybridized carbons (Fsp3) is 0.407. The Labute approximate surface area is 229 Å². The van der Waals surface area contributed by atoms with Crippen molar-refractivity contribution in [3.63, 3.8) is 0 Å². The van der Waals surface area contributed by atoms with Crippen LogP contribution in [0.3, 0.4) is 0 Å². The van der Waals surface area contributed by atoms with Crippen molar-refractivity contribution in [2.75, 3.05) is 11.9 Å². The van der Waals surface area contributed by atoms with Gasteiger partial charge >= 0.3 is 12.1 Å². The molecule has 2 rings (SSSR count). The maximum atomic E-state index is 13.4. The molecule has 0 radical (unpaired) electrons. The molecule has 212 valence electrons. The predicted molar refractivity (Wildman–Crippen MR) is 151 cm³/mol. The van der Waals surface area contributed by atoms with Crippen LogP contribution in [0.25, 0.3) is 0 Å². The lowest BCUT2D eigenvalue weighted by molar-refractivity contribution is -0.127. The van der Waals surface area contributed by atoms with Crippen molar-refractivity contribution in [3.8, 4) is 0 Å². The lowest BCUT2D eigenvalue weighted by Crippen LogP contribution is -2.54. The lowest BCUT2D eigenvalue weighted by Gasteiger charge is -2.27. The highest BCUT2D eigenvalue weighted by molar-refractivity contribution is 6.76. The number of aliphatic hydroxyl groups is 1. The molecular weight excluding hydrogens is 518 g/mol. The van der Waals surface area contributed by atoms with Gasteiger partial charge in [0.2, 0.25) is 11.8 Å². The normalized spacial score (nSPS) is 12.5. The average Bonchev–Trinajstić information content (AvgIpc) is 2.88. The molecule has 0 aliphatic carbocycles. The summed E-state index contributed by atoms with van der Waals surface area (Å²) in [5, 5.41) is 19.9. The number of alkyl carbamates (subject to hydrolysis) is 1. The summed E-state index contributed by atoms with van der Waals surface area (Å²) in [5.74, 6) is -0.967. The summed E-state index contributed by atoms with van der Waals surface area (Å²) in [7, 11) is -1.84. The van der Waals surface area contributed by atoms with E-state index >= 15 is 0 Å². The first-order valence-electron chi connectivity index (χ1n) is 12.8. The van der Waals surface area contributed by atoms with E-state index in [0.717, 1.165) is 5.56 Å². The van der Waals surface area contributed by atoms with Crippen molar-refractivity contribution in [2.45, 2.75) is 63.8 Å². The number of nitrogens with two attached hydrogens (primary N) is 1. The van der Waals surface area contributed by atoms with Gasteiger partial charge in [0.1, 0.15) is 18.7 Å². The summed E-state index contributed by atoms with van der Waals surface area (Å²) in [4.78, 5) is 50.1. The molecule has 2 aromatic rings. The number of rotatable bonds is 14. The van der Waals surface area contributed by atoms with Gasteiger partial charge < -0.3 is 36.8 Å². The third-order valence-corrected chi connectivity index (χ3v) is 7.28. The van der Waals surface area contributed by atoms with E-state index in [4.69, 9.17) is 10.5 Å². The molecule has 39 heavy (non-hydrogen) atoms. The summed E-state index contributed by atoms with van der Waals surface area (Å²) in [6.45, 7) is 6.36. The molecule has 2 atom stereocenters. The fourth-order valence-corrected chi connectivity index (χ4v) is 5.22. The summed E-state index contributed by atoms with van der Waals surface area (Å²) >= 11 is 0. The summed E-state index contributed by atoms with van der Waals surface area (Å²) in [6.07, 6.45) is -0.145. The summed E-state index contributed by atoms with van der Waals surface area (Å²) < 4.78 is 5.31. The van der Waals surface area contributed by atoms with Gasteiger partial charge in [0.15, 0.2) is 0 Å². The van der Waals surface area contributed by atoms with E-state index in [2.05, 4.69) is 40.9 Å². The van der Waals surface area contributed by atoms with Gasteiger partial charge in [0, 0.05) is 20.3 Å². The molecule has 5 amide bonds. The molecular formula is C27H39N5O6Si. The monoisotopic (exact) mass is 557 g/mol. The average molecular weight is 558 g/mol. The molecule has 0 fully saturated rings. The van der Waals surface area contributed by atoms with Crippen molar-refractivity contribution in [2.24, 2.45) is 5.73 Å². The Morgan fingerprint density at radius 3 is 2.15 bits per heavy atom. The number of amides is 5. The van der Waals surface area contributed by atoms with E-state index in [1.807, 2.05) is 30.3 Å². The number of carbonyl (C=O) groups is 4. The van der Waals surface area contributed by atoms with Crippen LogP contribution in [0.15, 0.2) is 54.6 Å². The van der Waals surface area contributed by atoms with Crippen molar-refractivity contribution in [3.05, 3.63) is 65.7 Å². The molecule has 2 aromatic carbocycles. The second-order valence-corrected chi connectivity index (χ2v) is 15.9. The molecule has 0 aliphatic heterocycles. The first kappa shape index (κ1) is 31.3. The van der Waals surface area contributed by atoms with Crippen LogP contribution in [-0.2, 0) is 27.5 Å². The molecule has 7 N–H and O–H groups in total. The molecule has 0 saturated carbocycles. The maximum absolute atomic E-state index is 13.4. The molecule has 12 heteroatoms. The number of nitrogens with one attached hydrogen (secondary N) is 4. The van der Waals surface area contributed by atoms with Crippen molar-refractivity contribution in [1.29, 1.82) is 0 Å². The number of hydrogen-bond acceptors (Lipinski definition) is 6. The Balaban J connectivity index is 2.11. The quantitative estimate of drug-likeness (QED) is 0.154. The minimum Gasteiger partial charge on any atom is -0.445 e. The number of hydrogen-bond donors (Lipinski definition) is 6. The third-order valence-electron chi connectivity index (χ3n) is 5.64. The van der Waals surface area contributed by atoms with Gasteiger partial charge in [0.05, 0.1) is 6.61 Å². The summed E-state index contributed by atoms with van der Waals surface area (Å²) in [6, 6.07) is 13.7. The third kappa shape index (κ3) is 12.5. The van der Waals surface area contributed by atoms with Crippen LogP contribution in [0.2, 0.25) is 25.7 Å². The molecule has 11 nitrogen and oxygen atoms in total. The largest absolute Gasteiger partial charge is 0.445 e. The van der Waals surface area contributed by atoms with Crippen molar-refractivity contribution >= 4 is 37.7 Å². The van der Waals surface area contributed by atoms with Gasteiger partial charge in [-0.25, -0.2) is 9.59 Å². The van der Waals surface area contributed by atoms with E-state index in [1.54, 1.807) is 24.3 Å². The van der Waals surface area contributed by atoms with Gasteiger partial charge in [-0.3, -0.25) is 9.59 Å². The van der Waals surface area contributed by atoms with Crippen molar-refractivity contribution in [1.82, 2.24) is 16.0 Å². The number of aliphatic hydroxyl groups excluding tert-OH is 1. The van der Waals surface area contributed by atoms with Crippen LogP contribution in [0.4, 0.5) is 15.3 Å². The van der Waals surface area contributed by atoms with Crippen molar-refractivity contribution < 1.29 is 29.0 Å². The van der Waals surface area contributed by atoms with Crippen LogP contribution in [0.5, 0.6) is 0 Å². The Morgan fingerprint density at radius 2 is 1.56 bits per heavy atom. The van der Waals surface area contributed by atoms with E-state index < -0.39 is 44.1 Å². The minimum absolute atomic E-state index is 0.0565. The summed E-state index contributed by atoms with van der Waals surface area (Å²) in [5.41, 5.74) is 7.11. The standard InChI is InChI=1S/C27H39N5O6Si/c1-39(2,3)18-23(32-27(37)38-17-20-8-5-4-6-9-20)25(35)31-22(10-7-15-29-26(28)36)24(34)30-21-13-11-19(16-33)12-14-21/h4-6,8-9,11-14,22-23,33H,7,10,15-18H2,1-3H3,(H,30,34)(H,31,35)(H,32,37)(H3,28,29,36)/t22-,23+/m0/s1. The van der Waals surface area contributed by atoms with E-state index in [1.165, 1.54) is 0 Å². The van der Waals surface area contributed by atoms with Gasteiger partial charge in [-0.05, 0) is 42.1 Å². The second kappa shape index (κ2) is 15.5. The van der Waals surface area contributed by atoms with Gasteiger partial charge in [-0.1, -0.05) is 62.1 Å². The van der Waals surface area contributed by atoms with Crippen LogP contribution < -0.4 is 27.0 Å². The van der Waals surface area contributed by atoms with Gasteiger partial charge in [-0.15, -0.1) is 0 Å². The minimum atomic E-state index is -1.84. The topological polar surface area (TPSA) is 172 Å². The SMILES string of the molecule is C[Si](C)(C)C[C@@H](NC(=O)OCc1ccccc1)C(=O)N[C@@H](CCCNC(N)=O)C(=O)Nc1ccc(CO)cc1. The highest BCUT2D eigenvalue weighted by atomic mass is 28.3. The zero-order chi connectivity index (χ0) is 28.8. The van der Waals surface area contributed by atoms with Crippen LogP contribution in [0, 0.1) is 0 Å². The first-order chi connectivity index (χ1) is 18.5. The van der Waals surface area contributed by atoms with E-state index in [0.29, 0.717) is 23.7 Å². The number of ether oxygens (including phenoxy) is 1. The Kier molecular flexibility index (Phi) is 12.4. The van der Waals surface area contributed by atoms with Gasteiger partial charge in [-0.2, -0.15) is 0 Å². The molecule has 0 aliphatic rings. The molecule has 0 aromatic heterocycles. The molecule has 0 spiro atoms.